The number of hydrogen-bond donors (Lipinski definition) is 5. The molecular formula is C23H26Cl2N4O4. The molecule has 1 aliphatic rings. The van der Waals surface area contributed by atoms with E-state index < -0.39 is 23.9 Å². The van der Waals surface area contributed by atoms with Gasteiger partial charge < -0.3 is 26.8 Å². The summed E-state index contributed by atoms with van der Waals surface area (Å²) in [5.41, 5.74) is 7.93. The van der Waals surface area contributed by atoms with Gasteiger partial charge in [-0.3, -0.25) is 4.79 Å². The monoisotopic (exact) mass is 492 g/mol. The molecule has 0 saturated heterocycles. The van der Waals surface area contributed by atoms with Gasteiger partial charge >= 0.3 is 12.0 Å². The molecule has 176 valence electrons. The Morgan fingerprint density at radius 3 is 2.58 bits per heavy atom. The van der Waals surface area contributed by atoms with Crippen LogP contribution in [-0.4, -0.2) is 35.6 Å². The number of carbonyl (C=O) groups is 3. The van der Waals surface area contributed by atoms with E-state index in [9.17, 15) is 19.5 Å². The first-order valence-corrected chi connectivity index (χ1v) is 11.2. The Morgan fingerprint density at radius 2 is 1.88 bits per heavy atom. The van der Waals surface area contributed by atoms with Gasteiger partial charge in [-0.1, -0.05) is 61.3 Å². The van der Waals surface area contributed by atoms with Crippen LogP contribution in [-0.2, 0) is 10.2 Å². The lowest BCUT2D eigenvalue weighted by Crippen LogP contribution is -2.51. The molecule has 0 radical (unpaired) electrons. The maximum absolute atomic E-state index is 12.6. The Kier molecular flexibility index (Phi) is 7.39. The first-order chi connectivity index (χ1) is 15.5. The molecule has 6 N–H and O–H groups in total. The maximum Gasteiger partial charge on any atom is 0.328 e. The molecule has 0 spiro atoms. The quantitative estimate of drug-likeness (QED) is 0.390. The average molecular weight is 493 g/mol. The van der Waals surface area contributed by atoms with Crippen molar-refractivity contribution in [2.75, 3.05) is 12.3 Å². The summed E-state index contributed by atoms with van der Waals surface area (Å²) in [6, 6.07) is 8.64. The van der Waals surface area contributed by atoms with Gasteiger partial charge in [0.15, 0.2) is 0 Å². The highest BCUT2D eigenvalue weighted by molar-refractivity contribution is 6.41. The van der Waals surface area contributed by atoms with E-state index in [4.69, 9.17) is 28.9 Å². The van der Waals surface area contributed by atoms with Crippen molar-refractivity contribution in [1.82, 2.24) is 16.0 Å². The summed E-state index contributed by atoms with van der Waals surface area (Å²) in [5.74, 6) is -2.14. The topological polar surface area (TPSA) is 134 Å². The average Bonchev–Trinajstić information content (AvgIpc) is 2.76. The summed E-state index contributed by atoms with van der Waals surface area (Å²) in [5, 5.41) is 17.2. The number of benzene rings is 2. The minimum absolute atomic E-state index is 0.00726. The Labute approximate surface area is 201 Å². The second-order valence-electron chi connectivity index (χ2n) is 8.61. The highest BCUT2D eigenvalue weighted by Gasteiger charge is 2.33. The zero-order valence-electron chi connectivity index (χ0n) is 18.2. The minimum atomic E-state index is -1.41. The molecule has 0 heterocycles. The van der Waals surface area contributed by atoms with E-state index in [1.54, 1.807) is 0 Å². The van der Waals surface area contributed by atoms with E-state index in [2.05, 4.69) is 35.9 Å². The van der Waals surface area contributed by atoms with Gasteiger partial charge in [0.05, 0.1) is 33.9 Å². The summed E-state index contributed by atoms with van der Waals surface area (Å²) in [6.07, 6.45) is 1.65. The Hall–Kier alpha value is -2.97. The fraction of sp³-hybridized carbons (Fsp3) is 0.348. The van der Waals surface area contributed by atoms with Crippen molar-refractivity contribution in [1.29, 1.82) is 0 Å². The number of hydrogen-bond acceptors (Lipinski definition) is 4. The number of fused-ring (bicyclic) bond motifs is 1. The van der Waals surface area contributed by atoms with Gasteiger partial charge in [-0.2, -0.15) is 0 Å². The molecular weight excluding hydrogens is 467 g/mol. The summed E-state index contributed by atoms with van der Waals surface area (Å²) >= 11 is 12.1. The molecule has 0 aliphatic heterocycles. The van der Waals surface area contributed by atoms with Gasteiger partial charge in [0.25, 0.3) is 5.91 Å². The summed E-state index contributed by atoms with van der Waals surface area (Å²) in [4.78, 5) is 36.8. The van der Waals surface area contributed by atoms with Crippen LogP contribution in [0.4, 0.5) is 10.5 Å². The van der Waals surface area contributed by atoms with Gasteiger partial charge in [0, 0.05) is 0 Å². The van der Waals surface area contributed by atoms with Gasteiger partial charge in [0.2, 0.25) is 0 Å². The second-order valence-corrected chi connectivity index (χ2v) is 9.39. The van der Waals surface area contributed by atoms with Crippen LogP contribution in [0.1, 0.15) is 54.2 Å². The molecule has 2 aromatic carbocycles. The van der Waals surface area contributed by atoms with Gasteiger partial charge in [-0.15, -0.1) is 0 Å². The molecule has 33 heavy (non-hydrogen) atoms. The number of carbonyl (C=O) groups excluding carboxylic acids is 2. The van der Waals surface area contributed by atoms with Crippen molar-refractivity contribution in [3.8, 4) is 0 Å². The third-order valence-electron chi connectivity index (χ3n) is 5.85. The predicted octanol–water partition coefficient (Wildman–Crippen LogP) is 3.87. The number of nitrogens with one attached hydrogen (secondary N) is 3. The van der Waals surface area contributed by atoms with Crippen molar-refractivity contribution >= 4 is 46.8 Å². The normalized spacial score (nSPS) is 17.4. The van der Waals surface area contributed by atoms with Crippen LogP contribution < -0.4 is 21.7 Å². The SMILES string of the molecule is CC1(C)CCC(NC(=O)NC[C@H](NC(=O)c2c(Cl)ccc(N)c2Cl)C(=O)O)c2ccccc21. The van der Waals surface area contributed by atoms with Crippen molar-refractivity contribution < 1.29 is 19.5 Å². The molecule has 1 aliphatic carbocycles. The van der Waals surface area contributed by atoms with Gasteiger partial charge in [-0.25, -0.2) is 9.59 Å². The number of nitrogen functional groups attached to an aromatic ring is 1. The lowest BCUT2D eigenvalue weighted by atomic mass is 9.71. The van der Waals surface area contributed by atoms with E-state index in [0.29, 0.717) is 0 Å². The molecule has 3 rings (SSSR count). The van der Waals surface area contributed by atoms with Crippen LogP contribution in [0.2, 0.25) is 10.0 Å². The Morgan fingerprint density at radius 1 is 1.18 bits per heavy atom. The first kappa shape index (κ1) is 24.7. The number of aliphatic carboxylic acids is 1. The number of urea groups is 1. The lowest BCUT2D eigenvalue weighted by Gasteiger charge is -2.37. The highest BCUT2D eigenvalue weighted by atomic mass is 35.5. The molecule has 10 heteroatoms. The zero-order chi connectivity index (χ0) is 24.3. The predicted molar refractivity (Wildman–Crippen MR) is 128 cm³/mol. The van der Waals surface area contributed by atoms with Crippen molar-refractivity contribution in [2.24, 2.45) is 0 Å². The van der Waals surface area contributed by atoms with E-state index in [1.807, 2.05) is 18.2 Å². The summed E-state index contributed by atoms with van der Waals surface area (Å²) in [6.45, 7) is 3.99. The van der Waals surface area contributed by atoms with Crippen molar-refractivity contribution in [3.05, 3.63) is 63.1 Å². The summed E-state index contributed by atoms with van der Waals surface area (Å²) in [7, 11) is 0. The Balaban J connectivity index is 1.64. The lowest BCUT2D eigenvalue weighted by molar-refractivity contribution is -0.139. The number of nitrogens with two attached hydrogens (primary N) is 1. The number of rotatable bonds is 6. The number of amides is 3. The third-order valence-corrected chi connectivity index (χ3v) is 6.57. The van der Waals surface area contributed by atoms with Crippen LogP contribution in [0.15, 0.2) is 36.4 Å². The van der Waals surface area contributed by atoms with Crippen LogP contribution in [0.5, 0.6) is 0 Å². The van der Waals surface area contributed by atoms with Crippen molar-refractivity contribution in [3.63, 3.8) is 0 Å². The second kappa shape index (κ2) is 9.89. The molecule has 8 nitrogen and oxygen atoms in total. The van der Waals surface area contributed by atoms with Crippen molar-refractivity contribution in [2.45, 2.75) is 44.2 Å². The molecule has 0 fully saturated rings. The van der Waals surface area contributed by atoms with Crippen LogP contribution in [0, 0.1) is 0 Å². The fourth-order valence-electron chi connectivity index (χ4n) is 3.97. The number of carboxylic acids is 1. The maximum atomic E-state index is 12.6. The molecule has 3 amide bonds. The van der Waals surface area contributed by atoms with Gasteiger partial charge in [0.1, 0.15) is 6.04 Å². The third kappa shape index (κ3) is 5.51. The number of anilines is 1. The van der Waals surface area contributed by atoms with Crippen LogP contribution in [0.3, 0.4) is 0 Å². The van der Waals surface area contributed by atoms with E-state index in [0.717, 1.165) is 18.4 Å². The van der Waals surface area contributed by atoms with E-state index in [-0.39, 0.29) is 39.3 Å². The Bertz CT molecular complexity index is 1090. The largest absolute Gasteiger partial charge is 0.480 e. The smallest absolute Gasteiger partial charge is 0.328 e. The van der Waals surface area contributed by atoms with Gasteiger partial charge in [-0.05, 0) is 41.5 Å². The van der Waals surface area contributed by atoms with E-state index in [1.165, 1.54) is 17.7 Å². The zero-order valence-corrected chi connectivity index (χ0v) is 19.8. The minimum Gasteiger partial charge on any atom is -0.480 e. The first-order valence-electron chi connectivity index (χ1n) is 10.4. The number of carboxylic acid groups (broad SMARTS) is 1. The van der Waals surface area contributed by atoms with E-state index >= 15 is 0 Å². The fourth-order valence-corrected chi connectivity index (χ4v) is 4.52. The highest BCUT2D eigenvalue weighted by Crippen LogP contribution is 2.41. The molecule has 0 bridgehead atoms. The molecule has 0 saturated carbocycles. The number of halogens is 2. The molecule has 0 aromatic heterocycles. The molecule has 2 aromatic rings. The summed E-state index contributed by atoms with van der Waals surface area (Å²) < 4.78 is 0. The molecule has 1 unspecified atom stereocenters. The molecule has 2 atom stereocenters. The van der Waals surface area contributed by atoms with Crippen LogP contribution in [0.25, 0.3) is 0 Å². The standard InChI is InChI=1S/C23H26Cl2N4O4/c1-23(2)10-9-16(12-5-3-4-6-13(12)23)29-22(33)27-11-17(21(31)32)28-20(30)18-14(24)7-8-15(26)19(18)25/h3-8,16-17H,9-11,26H2,1-2H3,(H,28,30)(H,31,32)(H2,27,29,33)/t16?,17-/m0/s1. The van der Waals surface area contributed by atoms with Crippen LogP contribution >= 0.6 is 23.2 Å².